The summed E-state index contributed by atoms with van der Waals surface area (Å²) >= 11 is 0. The topological polar surface area (TPSA) is 85.9 Å². The maximum atomic E-state index is 10.6. The molecule has 1 saturated carbocycles. The molecule has 21 heavy (non-hydrogen) atoms. The van der Waals surface area contributed by atoms with Crippen molar-refractivity contribution >= 4 is 11.5 Å². The Morgan fingerprint density at radius 1 is 1.33 bits per heavy atom. The van der Waals surface area contributed by atoms with E-state index in [1.807, 2.05) is 16.9 Å². The second kappa shape index (κ2) is 5.90. The lowest BCUT2D eigenvalue weighted by molar-refractivity contribution is -0.385. The van der Waals surface area contributed by atoms with Crippen LogP contribution in [0, 0.1) is 10.1 Å². The van der Waals surface area contributed by atoms with Crippen molar-refractivity contribution in [3.8, 4) is 0 Å². The van der Waals surface area contributed by atoms with Gasteiger partial charge in [-0.05, 0) is 25.0 Å². The molecule has 0 atom stereocenters. The van der Waals surface area contributed by atoms with Gasteiger partial charge in [-0.2, -0.15) is 5.10 Å². The highest BCUT2D eigenvalue weighted by molar-refractivity contribution is 5.40. The Bertz CT molecular complexity index is 617. The van der Waals surface area contributed by atoms with Gasteiger partial charge in [0.05, 0.1) is 23.2 Å². The smallest absolute Gasteiger partial charge is 0.287 e. The molecule has 1 N–H and O–H groups in total. The van der Waals surface area contributed by atoms with Crippen molar-refractivity contribution in [3.05, 3.63) is 46.4 Å². The molecule has 0 unspecified atom stereocenters. The molecule has 110 valence electrons. The minimum atomic E-state index is -0.458. The van der Waals surface area contributed by atoms with Gasteiger partial charge in [0, 0.05) is 12.3 Å². The standard InChI is InChI=1S/C14H17N5O2/c20-19(21)13-5-6-14(16-10-13)15-9-11-7-8-18(17-11)12-3-1-2-4-12/h5-8,10,12H,1-4,9H2,(H,15,16). The van der Waals surface area contributed by atoms with Crippen molar-refractivity contribution in [2.24, 2.45) is 0 Å². The summed E-state index contributed by atoms with van der Waals surface area (Å²) in [5, 5.41) is 18.2. The van der Waals surface area contributed by atoms with Crippen LogP contribution in [0.1, 0.15) is 37.4 Å². The molecule has 0 radical (unpaired) electrons. The van der Waals surface area contributed by atoms with Crippen molar-refractivity contribution in [1.82, 2.24) is 14.8 Å². The van der Waals surface area contributed by atoms with Gasteiger partial charge in [-0.3, -0.25) is 14.8 Å². The number of anilines is 1. The fraction of sp³-hybridized carbons (Fsp3) is 0.429. The van der Waals surface area contributed by atoms with Crippen molar-refractivity contribution in [2.75, 3.05) is 5.32 Å². The zero-order chi connectivity index (χ0) is 14.7. The second-order valence-electron chi connectivity index (χ2n) is 5.24. The van der Waals surface area contributed by atoms with Crippen molar-refractivity contribution < 1.29 is 4.92 Å². The fourth-order valence-corrected chi connectivity index (χ4v) is 2.62. The monoisotopic (exact) mass is 287 g/mol. The highest BCUT2D eigenvalue weighted by atomic mass is 16.6. The number of nitro groups is 1. The third-order valence-electron chi connectivity index (χ3n) is 3.77. The quantitative estimate of drug-likeness (QED) is 0.675. The first-order valence-electron chi connectivity index (χ1n) is 7.11. The van der Waals surface area contributed by atoms with Crippen LogP contribution in [-0.4, -0.2) is 19.7 Å². The number of hydrogen-bond donors (Lipinski definition) is 1. The number of pyridine rings is 1. The second-order valence-corrected chi connectivity index (χ2v) is 5.24. The van der Waals surface area contributed by atoms with Gasteiger partial charge in [-0.1, -0.05) is 12.8 Å². The molecule has 2 heterocycles. The van der Waals surface area contributed by atoms with Crippen molar-refractivity contribution in [2.45, 2.75) is 38.3 Å². The summed E-state index contributed by atoms with van der Waals surface area (Å²) in [4.78, 5) is 14.1. The zero-order valence-corrected chi connectivity index (χ0v) is 11.6. The van der Waals surface area contributed by atoms with Crippen LogP contribution in [0.5, 0.6) is 0 Å². The highest BCUT2D eigenvalue weighted by Crippen LogP contribution is 2.28. The third kappa shape index (κ3) is 3.18. The van der Waals surface area contributed by atoms with Crippen LogP contribution in [-0.2, 0) is 6.54 Å². The maximum absolute atomic E-state index is 10.6. The molecule has 0 spiro atoms. The van der Waals surface area contributed by atoms with Crippen LogP contribution in [0.2, 0.25) is 0 Å². The molecular weight excluding hydrogens is 270 g/mol. The average Bonchev–Trinajstić information content (AvgIpc) is 3.16. The maximum Gasteiger partial charge on any atom is 0.287 e. The summed E-state index contributed by atoms with van der Waals surface area (Å²) < 4.78 is 2.05. The molecule has 0 saturated heterocycles. The van der Waals surface area contributed by atoms with Crippen LogP contribution in [0.25, 0.3) is 0 Å². The molecule has 0 aliphatic heterocycles. The summed E-state index contributed by atoms with van der Waals surface area (Å²) in [7, 11) is 0. The van der Waals surface area contributed by atoms with Crippen LogP contribution >= 0.6 is 0 Å². The Morgan fingerprint density at radius 2 is 2.14 bits per heavy atom. The first-order valence-corrected chi connectivity index (χ1v) is 7.11. The van der Waals surface area contributed by atoms with Gasteiger partial charge < -0.3 is 5.32 Å². The fourth-order valence-electron chi connectivity index (χ4n) is 2.62. The van der Waals surface area contributed by atoms with Gasteiger partial charge in [0.2, 0.25) is 0 Å². The molecule has 0 aromatic carbocycles. The number of rotatable bonds is 5. The number of nitrogens with zero attached hydrogens (tertiary/aromatic N) is 4. The van der Waals surface area contributed by atoms with Gasteiger partial charge in [0.15, 0.2) is 0 Å². The number of hydrogen-bond acceptors (Lipinski definition) is 5. The van der Waals surface area contributed by atoms with Crippen LogP contribution in [0.15, 0.2) is 30.6 Å². The van der Waals surface area contributed by atoms with Crippen LogP contribution < -0.4 is 5.32 Å². The summed E-state index contributed by atoms with van der Waals surface area (Å²) in [6.07, 6.45) is 8.25. The normalized spacial score (nSPS) is 15.2. The van der Waals surface area contributed by atoms with E-state index in [-0.39, 0.29) is 5.69 Å². The highest BCUT2D eigenvalue weighted by Gasteiger charge is 2.17. The van der Waals surface area contributed by atoms with E-state index in [0.29, 0.717) is 18.4 Å². The van der Waals surface area contributed by atoms with E-state index < -0.39 is 4.92 Å². The Kier molecular flexibility index (Phi) is 3.81. The third-order valence-corrected chi connectivity index (χ3v) is 3.77. The average molecular weight is 287 g/mol. The van der Waals surface area contributed by atoms with Gasteiger partial charge >= 0.3 is 0 Å². The molecule has 1 aliphatic rings. The molecule has 7 nitrogen and oxygen atoms in total. The van der Waals surface area contributed by atoms with Crippen LogP contribution in [0.4, 0.5) is 11.5 Å². The predicted molar refractivity (Wildman–Crippen MR) is 78.0 cm³/mol. The molecule has 0 amide bonds. The van der Waals surface area contributed by atoms with E-state index in [1.165, 1.54) is 37.9 Å². The van der Waals surface area contributed by atoms with E-state index in [0.717, 1.165) is 5.69 Å². The summed E-state index contributed by atoms with van der Waals surface area (Å²) in [6.45, 7) is 0.560. The van der Waals surface area contributed by atoms with E-state index >= 15 is 0 Å². The van der Waals surface area contributed by atoms with Crippen molar-refractivity contribution in [3.63, 3.8) is 0 Å². The first kappa shape index (κ1) is 13.5. The molecule has 2 aromatic rings. The van der Waals surface area contributed by atoms with E-state index in [1.54, 1.807) is 6.07 Å². The number of aromatic nitrogens is 3. The minimum absolute atomic E-state index is 0.00828. The lowest BCUT2D eigenvalue weighted by atomic mass is 10.3. The van der Waals surface area contributed by atoms with Gasteiger partial charge in [0.1, 0.15) is 12.0 Å². The van der Waals surface area contributed by atoms with Gasteiger partial charge in [0.25, 0.3) is 5.69 Å². The van der Waals surface area contributed by atoms with E-state index in [2.05, 4.69) is 15.4 Å². The minimum Gasteiger partial charge on any atom is -0.364 e. The van der Waals surface area contributed by atoms with E-state index in [9.17, 15) is 10.1 Å². The Labute approximate surface area is 122 Å². The Balaban J connectivity index is 1.58. The summed E-state index contributed by atoms with van der Waals surface area (Å²) in [5.74, 6) is 0.607. The largest absolute Gasteiger partial charge is 0.364 e. The molecule has 2 aromatic heterocycles. The summed E-state index contributed by atoms with van der Waals surface area (Å²) in [5.41, 5.74) is 0.938. The summed E-state index contributed by atoms with van der Waals surface area (Å²) in [6, 6.07) is 5.58. The Hall–Kier alpha value is -2.44. The zero-order valence-electron chi connectivity index (χ0n) is 11.6. The van der Waals surface area contributed by atoms with Crippen molar-refractivity contribution in [1.29, 1.82) is 0 Å². The molecular formula is C14H17N5O2. The molecule has 1 fully saturated rings. The molecule has 3 rings (SSSR count). The number of nitrogens with one attached hydrogen (secondary N) is 1. The van der Waals surface area contributed by atoms with Crippen LogP contribution in [0.3, 0.4) is 0 Å². The van der Waals surface area contributed by atoms with E-state index in [4.69, 9.17) is 0 Å². The predicted octanol–water partition coefficient (Wildman–Crippen LogP) is 2.91. The van der Waals surface area contributed by atoms with Gasteiger partial charge in [-0.25, -0.2) is 4.98 Å². The molecule has 0 bridgehead atoms. The lowest BCUT2D eigenvalue weighted by Crippen LogP contribution is -2.07. The Morgan fingerprint density at radius 3 is 2.81 bits per heavy atom. The molecule has 7 heteroatoms. The lowest BCUT2D eigenvalue weighted by Gasteiger charge is -2.09. The molecule has 1 aliphatic carbocycles. The SMILES string of the molecule is O=[N+]([O-])c1ccc(NCc2ccn(C3CCCC3)n2)nc1. The first-order chi connectivity index (χ1) is 10.2. The van der Waals surface area contributed by atoms with Gasteiger partial charge in [-0.15, -0.1) is 0 Å².